The molecule has 0 amide bonds. The van der Waals surface area contributed by atoms with Gasteiger partial charge in [0.25, 0.3) is 0 Å². The summed E-state index contributed by atoms with van der Waals surface area (Å²) >= 11 is 0. The Balaban J connectivity index is 1.84. The van der Waals surface area contributed by atoms with Gasteiger partial charge in [0, 0.05) is 38.9 Å². The van der Waals surface area contributed by atoms with Crippen molar-refractivity contribution in [3.63, 3.8) is 0 Å². The van der Waals surface area contributed by atoms with E-state index < -0.39 is 0 Å². The van der Waals surface area contributed by atoms with Gasteiger partial charge >= 0.3 is 0 Å². The summed E-state index contributed by atoms with van der Waals surface area (Å²) in [6, 6.07) is 8.53. The number of hydrogen-bond acceptors (Lipinski definition) is 3. The molecule has 100 valence electrons. The van der Waals surface area contributed by atoms with Gasteiger partial charge in [0.05, 0.1) is 11.9 Å². The van der Waals surface area contributed by atoms with E-state index in [1.807, 2.05) is 10.9 Å². The lowest BCUT2D eigenvalue weighted by Crippen LogP contribution is -2.43. The molecule has 19 heavy (non-hydrogen) atoms. The molecule has 0 atom stereocenters. The molecule has 0 radical (unpaired) electrons. The molecule has 0 unspecified atom stereocenters. The van der Waals surface area contributed by atoms with Crippen molar-refractivity contribution in [3.8, 4) is 5.69 Å². The van der Waals surface area contributed by atoms with Crippen molar-refractivity contribution >= 4 is 0 Å². The van der Waals surface area contributed by atoms with Crippen molar-refractivity contribution in [2.45, 2.75) is 13.5 Å². The van der Waals surface area contributed by atoms with Crippen LogP contribution in [-0.2, 0) is 6.54 Å². The van der Waals surface area contributed by atoms with E-state index in [1.54, 1.807) is 0 Å². The van der Waals surface area contributed by atoms with Crippen LogP contribution in [0.5, 0.6) is 0 Å². The predicted octanol–water partition coefficient (Wildman–Crippen LogP) is 1.59. The van der Waals surface area contributed by atoms with Gasteiger partial charge < -0.3 is 5.32 Å². The first-order valence-corrected chi connectivity index (χ1v) is 6.85. The number of piperazine rings is 1. The predicted molar refractivity (Wildman–Crippen MR) is 76.4 cm³/mol. The molecule has 1 fully saturated rings. The Bertz CT molecular complexity index is 541. The zero-order valence-electron chi connectivity index (χ0n) is 11.3. The number of aromatic nitrogens is 2. The minimum Gasteiger partial charge on any atom is -0.314 e. The largest absolute Gasteiger partial charge is 0.314 e. The smallest absolute Gasteiger partial charge is 0.0690 e. The topological polar surface area (TPSA) is 33.1 Å². The average Bonchev–Trinajstić information content (AvgIpc) is 2.87. The van der Waals surface area contributed by atoms with Gasteiger partial charge in [-0.05, 0) is 24.1 Å². The van der Waals surface area contributed by atoms with Crippen molar-refractivity contribution in [2.24, 2.45) is 0 Å². The number of aryl methyl sites for hydroxylation is 1. The fourth-order valence-electron chi connectivity index (χ4n) is 2.52. The first-order valence-electron chi connectivity index (χ1n) is 6.85. The van der Waals surface area contributed by atoms with Crippen molar-refractivity contribution in [1.29, 1.82) is 0 Å². The first kappa shape index (κ1) is 12.4. The second-order valence-electron chi connectivity index (χ2n) is 5.12. The third-order valence-corrected chi connectivity index (χ3v) is 3.55. The summed E-state index contributed by atoms with van der Waals surface area (Å²) < 4.78 is 1.98. The summed E-state index contributed by atoms with van der Waals surface area (Å²) in [4.78, 5) is 2.49. The molecular weight excluding hydrogens is 236 g/mol. The Morgan fingerprint density at radius 3 is 2.74 bits per heavy atom. The number of rotatable bonds is 3. The molecule has 1 aromatic heterocycles. The van der Waals surface area contributed by atoms with Crippen LogP contribution in [0.25, 0.3) is 5.69 Å². The number of nitrogens with one attached hydrogen (secondary N) is 1. The molecular formula is C15H20N4. The van der Waals surface area contributed by atoms with Gasteiger partial charge in [0.15, 0.2) is 0 Å². The fraction of sp³-hybridized carbons (Fsp3) is 0.400. The summed E-state index contributed by atoms with van der Waals surface area (Å²) in [5.41, 5.74) is 3.72. The molecule has 1 aromatic carbocycles. The van der Waals surface area contributed by atoms with E-state index >= 15 is 0 Å². The van der Waals surface area contributed by atoms with E-state index in [-0.39, 0.29) is 0 Å². The summed E-state index contributed by atoms with van der Waals surface area (Å²) in [5, 5.41) is 7.82. The fourth-order valence-corrected chi connectivity index (χ4v) is 2.52. The van der Waals surface area contributed by atoms with Gasteiger partial charge in [-0.2, -0.15) is 5.10 Å². The SMILES string of the molecule is Cc1cnn(-c2ccccc2CN2CCNCC2)c1. The van der Waals surface area contributed by atoms with Crippen molar-refractivity contribution < 1.29 is 0 Å². The van der Waals surface area contributed by atoms with E-state index in [4.69, 9.17) is 0 Å². The highest BCUT2D eigenvalue weighted by Crippen LogP contribution is 2.16. The molecule has 0 saturated carbocycles. The van der Waals surface area contributed by atoms with Crippen LogP contribution in [0.3, 0.4) is 0 Å². The summed E-state index contributed by atoms with van der Waals surface area (Å²) in [6.07, 6.45) is 3.98. The molecule has 0 aliphatic carbocycles. The number of nitrogens with zero attached hydrogens (tertiary/aromatic N) is 3. The molecule has 1 N–H and O–H groups in total. The first-order chi connectivity index (χ1) is 9.33. The second kappa shape index (κ2) is 5.55. The van der Waals surface area contributed by atoms with Crippen LogP contribution in [0.1, 0.15) is 11.1 Å². The van der Waals surface area contributed by atoms with Crippen LogP contribution in [0.15, 0.2) is 36.7 Å². The molecule has 2 heterocycles. The Hall–Kier alpha value is -1.65. The summed E-state index contributed by atoms with van der Waals surface area (Å²) in [5.74, 6) is 0. The van der Waals surface area contributed by atoms with Gasteiger partial charge in [-0.1, -0.05) is 18.2 Å². The maximum atomic E-state index is 4.43. The van der Waals surface area contributed by atoms with Crippen LogP contribution in [0.4, 0.5) is 0 Å². The van der Waals surface area contributed by atoms with Crippen LogP contribution < -0.4 is 5.32 Å². The maximum Gasteiger partial charge on any atom is 0.0690 e. The maximum absolute atomic E-state index is 4.43. The molecule has 4 heteroatoms. The van der Waals surface area contributed by atoms with E-state index in [0.717, 1.165) is 32.7 Å². The van der Waals surface area contributed by atoms with Crippen molar-refractivity contribution in [1.82, 2.24) is 20.0 Å². The average molecular weight is 256 g/mol. The number of hydrogen-bond donors (Lipinski definition) is 1. The minimum absolute atomic E-state index is 0.997. The highest BCUT2D eigenvalue weighted by atomic mass is 15.3. The normalized spacial score (nSPS) is 16.7. The summed E-state index contributed by atoms with van der Waals surface area (Å²) in [7, 11) is 0. The molecule has 1 aliphatic heterocycles. The Morgan fingerprint density at radius 1 is 1.21 bits per heavy atom. The summed E-state index contributed by atoms with van der Waals surface area (Å²) in [6.45, 7) is 7.48. The highest BCUT2D eigenvalue weighted by Gasteiger charge is 2.12. The van der Waals surface area contributed by atoms with Crippen molar-refractivity contribution in [2.75, 3.05) is 26.2 Å². The zero-order valence-corrected chi connectivity index (χ0v) is 11.3. The lowest BCUT2D eigenvalue weighted by molar-refractivity contribution is 0.233. The van der Waals surface area contributed by atoms with Crippen LogP contribution in [-0.4, -0.2) is 40.9 Å². The number of para-hydroxylation sites is 1. The molecule has 4 nitrogen and oxygen atoms in total. The molecule has 2 aromatic rings. The molecule has 0 bridgehead atoms. The van der Waals surface area contributed by atoms with Gasteiger partial charge in [-0.15, -0.1) is 0 Å². The van der Waals surface area contributed by atoms with Gasteiger partial charge in [-0.3, -0.25) is 4.90 Å². The van der Waals surface area contributed by atoms with E-state index in [0.29, 0.717) is 0 Å². The monoisotopic (exact) mass is 256 g/mol. The van der Waals surface area contributed by atoms with E-state index in [9.17, 15) is 0 Å². The Kier molecular flexibility index (Phi) is 3.62. The zero-order chi connectivity index (χ0) is 13.1. The van der Waals surface area contributed by atoms with Crippen LogP contribution in [0, 0.1) is 6.92 Å². The minimum atomic E-state index is 0.997. The van der Waals surface area contributed by atoms with E-state index in [2.05, 4.69) is 52.7 Å². The quantitative estimate of drug-likeness (QED) is 0.905. The lowest BCUT2D eigenvalue weighted by atomic mass is 10.1. The third kappa shape index (κ3) is 2.85. The lowest BCUT2D eigenvalue weighted by Gasteiger charge is -2.27. The van der Waals surface area contributed by atoms with E-state index in [1.165, 1.54) is 16.8 Å². The number of benzene rings is 1. The van der Waals surface area contributed by atoms with Crippen molar-refractivity contribution in [3.05, 3.63) is 47.8 Å². The van der Waals surface area contributed by atoms with Gasteiger partial charge in [0.1, 0.15) is 0 Å². The molecule has 1 aliphatic rings. The van der Waals surface area contributed by atoms with Crippen LogP contribution in [0.2, 0.25) is 0 Å². The second-order valence-corrected chi connectivity index (χ2v) is 5.12. The third-order valence-electron chi connectivity index (χ3n) is 3.55. The highest BCUT2D eigenvalue weighted by molar-refractivity contribution is 5.40. The van der Waals surface area contributed by atoms with Crippen LogP contribution >= 0.6 is 0 Å². The van der Waals surface area contributed by atoms with Gasteiger partial charge in [-0.25, -0.2) is 4.68 Å². The molecule has 3 rings (SSSR count). The Labute approximate surface area is 114 Å². The standard InChI is InChI=1S/C15H20N4/c1-13-10-17-19(11-13)15-5-3-2-4-14(15)12-18-8-6-16-7-9-18/h2-5,10-11,16H,6-9,12H2,1H3. The van der Waals surface area contributed by atoms with Gasteiger partial charge in [0.2, 0.25) is 0 Å². The molecule has 0 spiro atoms. The molecule has 1 saturated heterocycles. The Morgan fingerprint density at radius 2 is 2.00 bits per heavy atom.